The summed E-state index contributed by atoms with van der Waals surface area (Å²) < 4.78 is 6.14. The first kappa shape index (κ1) is 19.6. The van der Waals surface area contributed by atoms with Crippen LogP contribution in [0.2, 0.25) is 5.02 Å². The first-order valence-corrected chi connectivity index (χ1v) is 10.3. The number of halogens is 1. The van der Waals surface area contributed by atoms with Gasteiger partial charge in [0.25, 0.3) is 5.91 Å². The van der Waals surface area contributed by atoms with Gasteiger partial charge in [-0.2, -0.15) is 0 Å². The number of likely N-dealkylation sites (N-methyl/N-ethyl adjacent to an activating group) is 1. The maximum atomic E-state index is 12.6. The molecule has 0 saturated carbocycles. The zero-order chi connectivity index (χ0) is 20.4. The minimum absolute atomic E-state index is 0.0628. The van der Waals surface area contributed by atoms with Crippen molar-refractivity contribution < 1.29 is 9.53 Å². The molecule has 0 aliphatic carbocycles. The summed E-state index contributed by atoms with van der Waals surface area (Å²) in [6.45, 7) is 0.411. The Balaban J connectivity index is 1.74. The summed E-state index contributed by atoms with van der Waals surface area (Å²) in [4.78, 5) is 19.0. The number of benzene rings is 3. The van der Waals surface area contributed by atoms with Crippen LogP contribution >= 0.6 is 23.4 Å². The topological polar surface area (TPSA) is 41.9 Å². The lowest BCUT2D eigenvalue weighted by Crippen LogP contribution is -2.23. The van der Waals surface area contributed by atoms with Crippen LogP contribution in [0.15, 0.2) is 70.6 Å². The van der Waals surface area contributed by atoms with E-state index in [-0.39, 0.29) is 5.91 Å². The number of aliphatic imine (C=N–C) groups is 1. The van der Waals surface area contributed by atoms with Gasteiger partial charge in [0.2, 0.25) is 0 Å². The van der Waals surface area contributed by atoms with E-state index in [1.54, 1.807) is 19.0 Å². The standard InChI is InChI=1S/C23H19ClN2O2S/c1-25-23-26(2)22(27)21(29-23)13-19-18-6-4-3-5-16(18)9-12-20(19)28-14-15-7-10-17(24)11-8-15/h3-13H,14H2,1-2H3/b21-13+,25-23?. The second-order valence-corrected chi connectivity index (χ2v) is 8.04. The molecule has 0 aromatic heterocycles. The summed E-state index contributed by atoms with van der Waals surface area (Å²) in [6.07, 6.45) is 1.90. The number of hydrogen-bond acceptors (Lipinski definition) is 4. The lowest BCUT2D eigenvalue weighted by atomic mass is 10.0. The zero-order valence-corrected chi connectivity index (χ0v) is 17.6. The number of fused-ring (bicyclic) bond motifs is 1. The minimum Gasteiger partial charge on any atom is -0.488 e. The number of ether oxygens (including phenoxy) is 1. The van der Waals surface area contributed by atoms with E-state index in [0.717, 1.165) is 27.6 Å². The van der Waals surface area contributed by atoms with Crippen molar-refractivity contribution in [3.05, 3.63) is 81.7 Å². The van der Waals surface area contributed by atoms with E-state index < -0.39 is 0 Å². The maximum absolute atomic E-state index is 12.6. The molecule has 1 fully saturated rings. The third-order valence-corrected chi connectivity index (χ3v) is 6.11. The molecule has 0 bridgehead atoms. The highest BCUT2D eigenvalue weighted by Gasteiger charge is 2.30. The van der Waals surface area contributed by atoms with Crippen LogP contribution in [0.5, 0.6) is 5.75 Å². The summed E-state index contributed by atoms with van der Waals surface area (Å²) in [5.41, 5.74) is 1.91. The molecule has 6 heteroatoms. The number of carbonyl (C=O) groups excluding carboxylic acids is 1. The Kier molecular flexibility index (Phi) is 5.60. The fourth-order valence-electron chi connectivity index (χ4n) is 3.17. The average molecular weight is 423 g/mol. The maximum Gasteiger partial charge on any atom is 0.266 e. The van der Waals surface area contributed by atoms with Gasteiger partial charge in [0, 0.05) is 24.7 Å². The summed E-state index contributed by atoms with van der Waals surface area (Å²) in [7, 11) is 3.42. The fourth-order valence-corrected chi connectivity index (χ4v) is 4.21. The van der Waals surface area contributed by atoms with Gasteiger partial charge >= 0.3 is 0 Å². The predicted octanol–water partition coefficient (Wildman–Crippen LogP) is 5.60. The van der Waals surface area contributed by atoms with Gasteiger partial charge in [0.05, 0.1) is 4.91 Å². The van der Waals surface area contributed by atoms with Crippen molar-refractivity contribution in [3.8, 4) is 5.75 Å². The van der Waals surface area contributed by atoms with Crippen molar-refractivity contribution in [3.63, 3.8) is 0 Å². The number of rotatable bonds is 4. The lowest BCUT2D eigenvalue weighted by Gasteiger charge is -2.13. The number of carbonyl (C=O) groups is 1. The molecule has 1 amide bonds. The molecule has 0 radical (unpaired) electrons. The lowest BCUT2D eigenvalue weighted by molar-refractivity contribution is -0.121. The summed E-state index contributed by atoms with van der Waals surface area (Å²) in [5, 5.41) is 3.50. The fraction of sp³-hybridized carbons (Fsp3) is 0.130. The van der Waals surface area contributed by atoms with E-state index in [1.165, 1.54) is 11.8 Å². The van der Waals surface area contributed by atoms with Gasteiger partial charge in [-0.15, -0.1) is 0 Å². The van der Waals surface area contributed by atoms with Crippen LogP contribution in [-0.4, -0.2) is 30.1 Å². The molecule has 1 heterocycles. The van der Waals surface area contributed by atoms with Gasteiger partial charge < -0.3 is 4.74 Å². The molecule has 0 atom stereocenters. The molecule has 0 unspecified atom stereocenters. The average Bonchev–Trinajstić information content (AvgIpc) is 3.02. The normalized spacial score (nSPS) is 16.9. The van der Waals surface area contributed by atoms with Crippen molar-refractivity contribution in [1.82, 2.24) is 4.90 Å². The smallest absolute Gasteiger partial charge is 0.266 e. The molecule has 1 aliphatic heterocycles. The molecule has 1 aliphatic rings. The highest BCUT2D eigenvalue weighted by molar-refractivity contribution is 8.18. The molecule has 0 spiro atoms. The minimum atomic E-state index is -0.0628. The number of amides is 1. The third kappa shape index (κ3) is 4.02. The first-order valence-electron chi connectivity index (χ1n) is 9.10. The number of thioether (sulfide) groups is 1. The van der Waals surface area contributed by atoms with Gasteiger partial charge in [-0.1, -0.05) is 54.1 Å². The van der Waals surface area contributed by atoms with E-state index in [9.17, 15) is 4.79 Å². The molecule has 1 saturated heterocycles. The van der Waals surface area contributed by atoms with Crippen molar-refractivity contribution in [1.29, 1.82) is 0 Å². The first-order chi connectivity index (χ1) is 14.1. The Labute approximate surface area is 178 Å². The molecule has 3 aromatic rings. The van der Waals surface area contributed by atoms with Crippen LogP contribution in [-0.2, 0) is 11.4 Å². The Bertz CT molecular complexity index is 1140. The van der Waals surface area contributed by atoms with Gasteiger partial charge in [0.1, 0.15) is 12.4 Å². The van der Waals surface area contributed by atoms with Crippen LogP contribution in [0.25, 0.3) is 16.8 Å². The second kappa shape index (κ2) is 8.31. The Morgan fingerprint density at radius 1 is 1.10 bits per heavy atom. The van der Waals surface area contributed by atoms with E-state index >= 15 is 0 Å². The van der Waals surface area contributed by atoms with Crippen molar-refractivity contribution in [2.75, 3.05) is 14.1 Å². The predicted molar refractivity (Wildman–Crippen MR) is 121 cm³/mol. The van der Waals surface area contributed by atoms with Crippen LogP contribution in [0.3, 0.4) is 0 Å². The van der Waals surface area contributed by atoms with Gasteiger partial charge in [0.15, 0.2) is 5.17 Å². The third-order valence-electron chi connectivity index (χ3n) is 4.71. The number of amidine groups is 1. The quantitative estimate of drug-likeness (QED) is 0.513. The molecule has 4 rings (SSSR count). The van der Waals surface area contributed by atoms with E-state index in [2.05, 4.69) is 11.1 Å². The second-order valence-electron chi connectivity index (χ2n) is 6.59. The van der Waals surface area contributed by atoms with Crippen molar-refractivity contribution in [2.45, 2.75) is 6.61 Å². The highest BCUT2D eigenvalue weighted by Crippen LogP contribution is 2.36. The summed E-state index contributed by atoms with van der Waals surface area (Å²) in [6, 6.07) is 19.6. The van der Waals surface area contributed by atoms with Crippen molar-refractivity contribution >= 4 is 51.3 Å². The van der Waals surface area contributed by atoms with Gasteiger partial charge in [-0.25, -0.2) is 0 Å². The molecule has 29 heavy (non-hydrogen) atoms. The number of hydrogen-bond donors (Lipinski definition) is 0. The molecule has 146 valence electrons. The highest BCUT2D eigenvalue weighted by atomic mass is 35.5. The SMILES string of the molecule is CN=C1S/C(=C/c2c(OCc3ccc(Cl)cc3)ccc3ccccc23)C(=O)N1C. The van der Waals surface area contributed by atoms with Crippen LogP contribution < -0.4 is 4.74 Å². The zero-order valence-electron chi connectivity index (χ0n) is 16.1. The molecule has 3 aromatic carbocycles. The van der Waals surface area contributed by atoms with Crippen LogP contribution in [0.1, 0.15) is 11.1 Å². The monoisotopic (exact) mass is 422 g/mol. The largest absolute Gasteiger partial charge is 0.488 e. The van der Waals surface area contributed by atoms with E-state index in [4.69, 9.17) is 16.3 Å². The van der Waals surface area contributed by atoms with Gasteiger partial charge in [-0.3, -0.25) is 14.7 Å². The molecular weight excluding hydrogens is 404 g/mol. The van der Waals surface area contributed by atoms with Crippen LogP contribution in [0, 0.1) is 0 Å². The van der Waals surface area contributed by atoms with Gasteiger partial charge in [-0.05, 0) is 52.4 Å². The Morgan fingerprint density at radius 3 is 2.59 bits per heavy atom. The number of nitrogens with zero attached hydrogens (tertiary/aromatic N) is 2. The van der Waals surface area contributed by atoms with Crippen LogP contribution in [0.4, 0.5) is 0 Å². The summed E-state index contributed by atoms with van der Waals surface area (Å²) >= 11 is 7.34. The van der Waals surface area contributed by atoms with Crippen molar-refractivity contribution in [2.24, 2.45) is 4.99 Å². The van der Waals surface area contributed by atoms with E-state index in [1.807, 2.05) is 60.7 Å². The molecule has 0 N–H and O–H groups in total. The Morgan fingerprint density at radius 2 is 1.86 bits per heavy atom. The summed E-state index contributed by atoms with van der Waals surface area (Å²) in [5.74, 6) is 0.663. The molecule has 4 nitrogen and oxygen atoms in total. The van der Waals surface area contributed by atoms with E-state index in [0.29, 0.717) is 21.7 Å². The molecular formula is C23H19ClN2O2S. The Hall–Kier alpha value is -2.76.